The normalized spacial score (nSPS) is 13.9. The van der Waals surface area contributed by atoms with Gasteiger partial charge in [0.1, 0.15) is 23.9 Å². The molecule has 6 aromatic rings. The highest BCUT2D eigenvalue weighted by atomic mass is 19.1. The number of aromatic nitrogens is 6. The van der Waals surface area contributed by atoms with Gasteiger partial charge in [-0.1, -0.05) is 19.3 Å². The Kier molecular flexibility index (Phi) is 8.62. The van der Waals surface area contributed by atoms with E-state index in [4.69, 9.17) is 4.74 Å². The third-order valence-corrected chi connectivity index (χ3v) is 8.75. The van der Waals surface area contributed by atoms with Gasteiger partial charge in [0.25, 0.3) is 0 Å². The average Bonchev–Trinajstić information content (AvgIpc) is 3.69. The summed E-state index contributed by atoms with van der Waals surface area (Å²) in [7, 11) is 3.93. The topological polar surface area (TPSA) is 125 Å². The smallest absolute Gasteiger partial charge is 0.224 e. The minimum Gasteiger partial charge on any atom is -0.492 e. The summed E-state index contributed by atoms with van der Waals surface area (Å²) in [5, 5.41) is 12.5. The van der Waals surface area contributed by atoms with E-state index < -0.39 is 0 Å². The van der Waals surface area contributed by atoms with Crippen molar-refractivity contribution < 1.29 is 13.9 Å². The van der Waals surface area contributed by atoms with Crippen LogP contribution in [0.5, 0.6) is 5.75 Å². The Morgan fingerprint density at radius 1 is 0.936 bits per heavy atom. The minimum absolute atomic E-state index is 0.0235. The van der Waals surface area contributed by atoms with Crippen molar-refractivity contribution in [2.45, 2.75) is 38.5 Å². The summed E-state index contributed by atoms with van der Waals surface area (Å²) in [5.74, 6) is 0.569. The minimum atomic E-state index is -0.379. The van der Waals surface area contributed by atoms with Crippen molar-refractivity contribution in [1.82, 2.24) is 35.0 Å². The number of carbonyl (C=O) groups is 1. The Balaban J connectivity index is 1.16. The van der Waals surface area contributed by atoms with Gasteiger partial charge >= 0.3 is 0 Å². The second kappa shape index (κ2) is 13.3. The maximum absolute atomic E-state index is 14.7. The van der Waals surface area contributed by atoms with E-state index >= 15 is 0 Å². The highest BCUT2D eigenvalue weighted by Crippen LogP contribution is 2.36. The Hall–Kier alpha value is -5.16. The van der Waals surface area contributed by atoms with Crippen LogP contribution in [0.25, 0.3) is 55.6 Å². The first-order valence-corrected chi connectivity index (χ1v) is 16.0. The number of pyridine rings is 3. The number of likely N-dealkylation sites (N-methyl/N-ethyl adjacent to an activating group) is 1. The van der Waals surface area contributed by atoms with Crippen molar-refractivity contribution in [3.05, 3.63) is 73.2 Å². The lowest BCUT2D eigenvalue weighted by molar-refractivity contribution is -0.117. The molecule has 11 heteroatoms. The summed E-state index contributed by atoms with van der Waals surface area (Å²) in [6, 6.07) is 10.6. The standard InChI is InChI=1S/C36H37FN8O2/c1-45(2)8-9-47-27-13-23(11-25(37)14-27)30-19-39-20-33-28(30)15-32(42-33)36-29-16-31(40-21-34(29)43-44-36)24-12-26(18-38-17-24)41-35(46)10-22-6-4-3-5-7-22/h11-22,42H,3-10H2,1-2H3,(H,41,46)(H,43,44). The number of halogens is 1. The lowest BCUT2D eigenvalue weighted by Gasteiger charge is -2.20. The molecule has 0 bridgehead atoms. The predicted molar refractivity (Wildman–Crippen MR) is 181 cm³/mol. The number of amides is 1. The molecule has 47 heavy (non-hydrogen) atoms. The highest BCUT2D eigenvalue weighted by Gasteiger charge is 2.19. The highest BCUT2D eigenvalue weighted by molar-refractivity contribution is 6.01. The van der Waals surface area contributed by atoms with Gasteiger partial charge in [-0.15, -0.1) is 0 Å². The summed E-state index contributed by atoms with van der Waals surface area (Å²) >= 11 is 0. The molecule has 0 saturated heterocycles. The van der Waals surface area contributed by atoms with Gasteiger partial charge in [-0.2, -0.15) is 5.10 Å². The maximum atomic E-state index is 14.7. The van der Waals surface area contributed by atoms with Crippen molar-refractivity contribution in [3.8, 4) is 39.5 Å². The quantitative estimate of drug-likeness (QED) is 0.146. The molecule has 0 radical (unpaired) electrons. The molecule has 5 heterocycles. The molecule has 1 fully saturated rings. The van der Waals surface area contributed by atoms with Gasteiger partial charge in [-0.25, -0.2) is 4.39 Å². The molecule has 0 aliphatic heterocycles. The summed E-state index contributed by atoms with van der Waals surface area (Å²) in [5.41, 5.74) is 6.64. The number of carbonyl (C=O) groups excluding carboxylic acids is 1. The molecule has 7 rings (SSSR count). The third-order valence-electron chi connectivity index (χ3n) is 8.75. The molecule has 0 spiro atoms. The lowest BCUT2D eigenvalue weighted by atomic mass is 9.87. The first-order chi connectivity index (χ1) is 22.9. The van der Waals surface area contributed by atoms with E-state index in [2.05, 4.69) is 35.5 Å². The zero-order chi connectivity index (χ0) is 32.3. The van der Waals surface area contributed by atoms with Crippen molar-refractivity contribution in [2.75, 3.05) is 32.6 Å². The van der Waals surface area contributed by atoms with Crippen LogP contribution in [0.15, 0.2) is 67.4 Å². The second-order valence-corrected chi connectivity index (χ2v) is 12.6. The number of ether oxygens (including phenoxy) is 1. The number of H-pyrrole nitrogens is 2. The van der Waals surface area contributed by atoms with Gasteiger partial charge in [0, 0.05) is 53.3 Å². The fourth-order valence-corrected chi connectivity index (χ4v) is 6.35. The van der Waals surface area contributed by atoms with E-state index in [0.29, 0.717) is 47.3 Å². The molecule has 1 aliphatic rings. The Labute approximate surface area is 271 Å². The number of benzene rings is 1. The van der Waals surface area contributed by atoms with E-state index in [1.165, 1.54) is 31.4 Å². The average molecular weight is 633 g/mol. The Bertz CT molecular complexity index is 2050. The second-order valence-electron chi connectivity index (χ2n) is 12.6. The summed E-state index contributed by atoms with van der Waals surface area (Å²) in [4.78, 5) is 31.7. The van der Waals surface area contributed by atoms with Crippen molar-refractivity contribution in [3.63, 3.8) is 0 Å². The Morgan fingerprint density at radius 2 is 1.79 bits per heavy atom. The van der Waals surface area contributed by atoms with Gasteiger partial charge in [0.15, 0.2) is 0 Å². The molecule has 10 nitrogen and oxygen atoms in total. The van der Waals surface area contributed by atoms with Crippen molar-refractivity contribution >= 4 is 33.4 Å². The van der Waals surface area contributed by atoms with Crippen LogP contribution in [-0.2, 0) is 4.79 Å². The third kappa shape index (κ3) is 6.85. The monoisotopic (exact) mass is 632 g/mol. The lowest BCUT2D eigenvalue weighted by Crippen LogP contribution is -2.19. The van der Waals surface area contributed by atoms with Crippen LogP contribution >= 0.6 is 0 Å². The summed E-state index contributed by atoms with van der Waals surface area (Å²) in [6.07, 6.45) is 15.1. The van der Waals surface area contributed by atoms with E-state index in [1.54, 1.807) is 31.0 Å². The van der Waals surface area contributed by atoms with E-state index in [9.17, 15) is 9.18 Å². The number of fused-ring (bicyclic) bond motifs is 2. The van der Waals surface area contributed by atoms with E-state index in [0.717, 1.165) is 58.0 Å². The van der Waals surface area contributed by atoms with Crippen LogP contribution in [0.1, 0.15) is 38.5 Å². The van der Waals surface area contributed by atoms with Crippen LogP contribution in [0, 0.1) is 11.7 Å². The molecule has 0 atom stereocenters. The maximum Gasteiger partial charge on any atom is 0.224 e. The number of nitrogens with zero attached hydrogens (tertiary/aromatic N) is 5. The van der Waals surface area contributed by atoms with Gasteiger partial charge < -0.3 is 19.9 Å². The molecule has 1 saturated carbocycles. The SMILES string of the molecule is CN(C)CCOc1cc(F)cc(-c2cncc3[nH]c(-c4n[nH]c5cnc(-c6cncc(NC(=O)CC7CCCCC7)c6)cc45)cc23)c1. The van der Waals surface area contributed by atoms with Crippen LogP contribution in [0.3, 0.4) is 0 Å². The zero-order valence-corrected chi connectivity index (χ0v) is 26.5. The first kappa shape index (κ1) is 30.5. The number of hydrogen-bond acceptors (Lipinski definition) is 7. The first-order valence-electron chi connectivity index (χ1n) is 16.0. The fraction of sp³-hybridized carbons (Fsp3) is 0.306. The van der Waals surface area contributed by atoms with Gasteiger partial charge in [0.05, 0.1) is 46.7 Å². The van der Waals surface area contributed by atoms with Gasteiger partial charge in [-0.3, -0.25) is 24.8 Å². The Morgan fingerprint density at radius 3 is 2.64 bits per heavy atom. The molecule has 1 amide bonds. The molecule has 1 aliphatic carbocycles. The van der Waals surface area contributed by atoms with E-state index in [-0.39, 0.29) is 11.7 Å². The predicted octanol–water partition coefficient (Wildman–Crippen LogP) is 7.22. The molecule has 3 N–H and O–H groups in total. The molecule has 1 aromatic carbocycles. The van der Waals surface area contributed by atoms with Crippen LogP contribution in [0.2, 0.25) is 0 Å². The summed E-state index contributed by atoms with van der Waals surface area (Å²) in [6.45, 7) is 1.17. The molecular weight excluding hydrogens is 595 g/mol. The number of hydrogen-bond donors (Lipinski definition) is 3. The number of nitrogens with one attached hydrogen (secondary N) is 3. The van der Waals surface area contributed by atoms with Crippen molar-refractivity contribution in [1.29, 1.82) is 0 Å². The largest absolute Gasteiger partial charge is 0.492 e. The fourth-order valence-electron chi connectivity index (χ4n) is 6.35. The molecule has 0 unspecified atom stereocenters. The number of rotatable bonds is 10. The van der Waals surface area contributed by atoms with Crippen LogP contribution < -0.4 is 10.1 Å². The number of aromatic amines is 2. The molecule has 5 aromatic heterocycles. The van der Waals surface area contributed by atoms with Crippen molar-refractivity contribution in [2.24, 2.45) is 5.92 Å². The van der Waals surface area contributed by atoms with Crippen LogP contribution in [-0.4, -0.2) is 68.2 Å². The van der Waals surface area contributed by atoms with E-state index in [1.807, 2.05) is 43.3 Å². The summed E-state index contributed by atoms with van der Waals surface area (Å²) < 4.78 is 20.5. The zero-order valence-electron chi connectivity index (χ0n) is 26.5. The molecule has 240 valence electrons. The van der Waals surface area contributed by atoms with Gasteiger partial charge in [-0.05, 0) is 68.8 Å². The number of anilines is 1. The van der Waals surface area contributed by atoms with Crippen LogP contribution in [0.4, 0.5) is 10.1 Å². The molecular formula is C36H37FN8O2. The van der Waals surface area contributed by atoms with Gasteiger partial charge in [0.2, 0.25) is 5.91 Å².